The maximum absolute atomic E-state index is 12.4. The van der Waals surface area contributed by atoms with Gasteiger partial charge in [-0.25, -0.2) is 13.1 Å². The second kappa shape index (κ2) is 11.7. The Kier molecular flexibility index (Phi) is 8.73. The zero-order valence-electron chi connectivity index (χ0n) is 17.6. The second-order valence-electron chi connectivity index (χ2n) is 7.45. The molecule has 31 heavy (non-hydrogen) atoms. The van der Waals surface area contributed by atoms with Crippen molar-refractivity contribution in [1.82, 2.24) is 10.0 Å². The number of hydrogen-bond donors (Lipinski definition) is 2. The van der Waals surface area contributed by atoms with E-state index in [-0.39, 0.29) is 10.8 Å². The maximum atomic E-state index is 12.4. The summed E-state index contributed by atoms with van der Waals surface area (Å²) >= 11 is 0. The lowest BCUT2D eigenvalue weighted by molar-refractivity contribution is -0.121. The third kappa shape index (κ3) is 7.56. The van der Waals surface area contributed by atoms with Gasteiger partial charge in [0, 0.05) is 25.6 Å². The molecule has 0 unspecified atom stereocenters. The lowest BCUT2D eigenvalue weighted by Crippen LogP contribution is -2.26. The molecule has 0 saturated carbocycles. The van der Waals surface area contributed by atoms with Gasteiger partial charge in [-0.2, -0.15) is 0 Å². The first kappa shape index (κ1) is 23.1. The Morgan fingerprint density at radius 2 is 1.65 bits per heavy atom. The highest BCUT2D eigenvalue weighted by atomic mass is 32.2. The molecule has 0 fully saturated rings. The molecule has 168 valence electrons. The summed E-state index contributed by atoms with van der Waals surface area (Å²) in [7, 11) is -3.60. The van der Waals surface area contributed by atoms with Gasteiger partial charge in [-0.05, 0) is 43.4 Å². The zero-order chi connectivity index (χ0) is 21.9. The molecule has 7 nitrogen and oxygen atoms in total. The van der Waals surface area contributed by atoms with E-state index in [4.69, 9.17) is 9.47 Å². The number of unbranched alkanes of at least 4 members (excludes halogenated alkanes) is 2. The fraction of sp³-hybridized carbons (Fsp3) is 0.435. The number of ether oxygens (including phenoxy) is 2. The minimum Gasteiger partial charge on any atom is -0.486 e. The van der Waals surface area contributed by atoms with E-state index < -0.39 is 10.0 Å². The van der Waals surface area contributed by atoms with E-state index in [1.165, 1.54) is 17.7 Å². The smallest absolute Gasteiger partial charge is 0.240 e. The number of rotatable bonds is 12. The third-order valence-corrected chi connectivity index (χ3v) is 6.46. The normalized spacial score (nSPS) is 13.0. The van der Waals surface area contributed by atoms with E-state index in [0.717, 1.165) is 25.7 Å². The highest BCUT2D eigenvalue weighted by Crippen LogP contribution is 2.32. The van der Waals surface area contributed by atoms with E-state index in [1.807, 2.05) is 18.2 Å². The molecule has 2 N–H and O–H groups in total. The summed E-state index contributed by atoms with van der Waals surface area (Å²) in [6.45, 7) is 1.87. The summed E-state index contributed by atoms with van der Waals surface area (Å²) in [4.78, 5) is 12.1. The SMILES string of the molecule is O=C(CCCCCNS(=O)(=O)c1ccc2c(c1)OCCO2)NCCCc1ccccc1. The molecule has 1 aliphatic heterocycles. The Morgan fingerprint density at radius 3 is 2.45 bits per heavy atom. The Morgan fingerprint density at radius 1 is 0.871 bits per heavy atom. The molecule has 1 aliphatic rings. The Labute approximate surface area is 184 Å². The van der Waals surface area contributed by atoms with Crippen LogP contribution in [0.4, 0.5) is 0 Å². The van der Waals surface area contributed by atoms with Gasteiger partial charge in [0.2, 0.25) is 15.9 Å². The summed E-state index contributed by atoms with van der Waals surface area (Å²) < 4.78 is 38.3. The number of aryl methyl sites for hydroxylation is 1. The first-order valence-electron chi connectivity index (χ1n) is 10.7. The number of hydrogen-bond acceptors (Lipinski definition) is 5. The highest BCUT2D eigenvalue weighted by molar-refractivity contribution is 7.89. The summed E-state index contributed by atoms with van der Waals surface area (Å²) in [6, 6.07) is 14.8. The van der Waals surface area contributed by atoms with Crippen molar-refractivity contribution < 1.29 is 22.7 Å². The van der Waals surface area contributed by atoms with Crippen LogP contribution in [0.1, 0.15) is 37.7 Å². The molecule has 0 saturated heterocycles. The van der Waals surface area contributed by atoms with Gasteiger partial charge in [0.15, 0.2) is 11.5 Å². The molecule has 2 aromatic carbocycles. The van der Waals surface area contributed by atoms with Crippen LogP contribution in [-0.4, -0.2) is 40.6 Å². The Balaban J connectivity index is 1.26. The lowest BCUT2D eigenvalue weighted by atomic mass is 10.1. The molecular formula is C23H30N2O5S. The van der Waals surface area contributed by atoms with E-state index in [9.17, 15) is 13.2 Å². The monoisotopic (exact) mass is 446 g/mol. The van der Waals surface area contributed by atoms with Gasteiger partial charge in [-0.1, -0.05) is 36.8 Å². The molecule has 0 bridgehead atoms. The fourth-order valence-corrected chi connectivity index (χ4v) is 4.41. The number of carbonyl (C=O) groups excluding carboxylic acids is 1. The zero-order valence-corrected chi connectivity index (χ0v) is 18.5. The van der Waals surface area contributed by atoms with Crippen molar-refractivity contribution in [2.75, 3.05) is 26.3 Å². The van der Waals surface area contributed by atoms with Crippen molar-refractivity contribution in [2.24, 2.45) is 0 Å². The van der Waals surface area contributed by atoms with Crippen molar-refractivity contribution in [3.05, 3.63) is 54.1 Å². The summed E-state index contributed by atoms with van der Waals surface area (Å²) in [5, 5.41) is 2.94. The van der Waals surface area contributed by atoms with Gasteiger partial charge in [-0.3, -0.25) is 4.79 Å². The number of nitrogens with one attached hydrogen (secondary N) is 2. The molecule has 0 radical (unpaired) electrons. The van der Waals surface area contributed by atoms with Gasteiger partial charge in [0.25, 0.3) is 0 Å². The van der Waals surface area contributed by atoms with Crippen molar-refractivity contribution >= 4 is 15.9 Å². The van der Waals surface area contributed by atoms with Crippen LogP contribution in [0, 0.1) is 0 Å². The van der Waals surface area contributed by atoms with Crippen molar-refractivity contribution in [3.63, 3.8) is 0 Å². The van der Waals surface area contributed by atoms with E-state index in [0.29, 0.717) is 50.6 Å². The third-order valence-electron chi connectivity index (χ3n) is 5.00. The van der Waals surface area contributed by atoms with Gasteiger partial charge in [0.05, 0.1) is 4.90 Å². The average molecular weight is 447 g/mol. The molecule has 2 aromatic rings. The second-order valence-corrected chi connectivity index (χ2v) is 9.22. The molecule has 1 heterocycles. The van der Waals surface area contributed by atoms with Gasteiger partial charge < -0.3 is 14.8 Å². The molecule has 0 spiro atoms. The number of carbonyl (C=O) groups is 1. The molecule has 8 heteroatoms. The fourth-order valence-electron chi connectivity index (χ4n) is 3.32. The van der Waals surface area contributed by atoms with Crippen LogP contribution in [0.5, 0.6) is 11.5 Å². The summed E-state index contributed by atoms with van der Waals surface area (Å²) in [5.41, 5.74) is 1.27. The topological polar surface area (TPSA) is 93.7 Å². The van der Waals surface area contributed by atoms with E-state index in [2.05, 4.69) is 22.2 Å². The largest absolute Gasteiger partial charge is 0.486 e. The molecular weight excluding hydrogens is 416 g/mol. The van der Waals surface area contributed by atoms with Gasteiger partial charge in [0.1, 0.15) is 13.2 Å². The first-order chi connectivity index (χ1) is 15.0. The first-order valence-corrected chi connectivity index (χ1v) is 12.2. The van der Waals surface area contributed by atoms with Gasteiger partial charge >= 0.3 is 0 Å². The number of amides is 1. The highest BCUT2D eigenvalue weighted by Gasteiger charge is 2.18. The van der Waals surface area contributed by atoms with Crippen LogP contribution < -0.4 is 19.5 Å². The standard InChI is InChI=1S/C23H30N2O5S/c26-23(24-14-7-10-19-8-3-1-4-9-19)11-5-2-6-15-25-31(27,28)20-12-13-21-22(18-20)30-17-16-29-21/h1,3-4,8-9,12-13,18,25H,2,5-7,10-11,14-17H2,(H,24,26). The Bertz CT molecular complexity index is 948. The summed E-state index contributed by atoms with van der Waals surface area (Å²) in [6.07, 6.45) is 4.50. The molecule has 1 amide bonds. The van der Waals surface area contributed by atoms with Crippen LogP contribution in [0.2, 0.25) is 0 Å². The minimum atomic E-state index is -3.60. The quantitative estimate of drug-likeness (QED) is 0.489. The van der Waals surface area contributed by atoms with Crippen molar-refractivity contribution in [2.45, 2.75) is 43.4 Å². The predicted molar refractivity (Wildman–Crippen MR) is 119 cm³/mol. The predicted octanol–water partition coefficient (Wildman–Crippen LogP) is 3.05. The number of sulfonamides is 1. The summed E-state index contributed by atoms with van der Waals surface area (Å²) in [5.74, 6) is 1.05. The molecule has 0 aromatic heterocycles. The van der Waals surface area contributed by atoms with Crippen LogP contribution in [0.15, 0.2) is 53.4 Å². The molecule has 0 atom stereocenters. The van der Waals surface area contributed by atoms with E-state index in [1.54, 1.807) is 6.07 Å². The van der Waals surface area contributed by atoms with Crippen LogP contribution in [-0.2, 0) is 21.2 Å². The van der Waals surface area contributed by atoms with E-state index >= 15 is 0 Å². The van der Waals surface area contributed by atoms with Gasteiger partial charge in [-0.15, -0.1) is 0 Å². The average Bonchev–Trinajstić information content (AvgIpc) is 2.79. The van der Waals surface area contributed by atoms with Crippen LogP contribution in [0.25, 0.3) is 0 Å². The lowest BCUT2D eigenvalue weighted by Gasteiger charge is -2.18. The molecule has 3 rings (SSSR count). The van der Waals surface area contributed by atoms with Crippen molar-refractivity contribution in [3.8, 4) is 11.5 Å². The maximum Gasteiger partial charge on any atom is 0.240 e. The van der Waals surface area contributed by atoms with Crippen LogP contribution in [0.3, 0.4) is 0 Å². The number of fused-ring (bicyclic) bond motifs is 1. The number of benzene rings is 2. The minimum absolute atomic E-state index is 0.0462. The molecule has 0 aliphatic carbocycles. The van der Waals surface area contributed by atoms with Crippen molar-refractivity contribution in [1.29, 1.82) is 0 Å². The Hall–Kier alpha value is -2.58. The van der Waals surface area contributed by atoms with Crippen LogP contribution >= 0.6 is 0 Å².